The fourth-order valence-corrected chi connectivity index (χ4v) is 4.36. The lowest BCUT2D eigenvalue weighted by Gasteiger charge is -2.36. The van der Waals surface area contributed by atoms with Gasteiger partial charge in [-0.1, -0.05) is 6.07 Å². The molecule has 0 saturated carbocycles. The van der Waals surface area contributed by atoms with Gasteiger partial charge in [-0.3, -0.25) is 9.69 Å². The van der Waals surface area contributed by atoms with Gasteiger partial charge in [0.2, 0.25) is 5.91 Å². The Bertz CT molecular complexity index is 761. The van der Waals surface area contributed by atoms with Gasteiger partial charge >= 0.3 is 0 Å². The molecule has 1 aliphatic rings. The van der Waals surface area contributed by atoms with E-state index in [9.17, 15) is 4.79 Å². The Labute approximate surface area is 177 Å². The molecule has 2 unspecified atom stereocenters. The standard InChI is InChI=1S/C21H31N5O2S/c1-4-28-17(3)21-24-18(15-29-21)13-20(27)23-16(2)14-25-9-11-26(12-10-25)19-7-5-6-8-22-19/h5-8,15-17H,4,9-14H2,1-3H3,(H,23,27). The number of piperazine rings is 1. The number of hydrogen-bond donors (Lipinski definition) is 1. The Morgan fingerprint density at radius 2 is 2.07 bits per heavy atom. The molecule has 2 aromatic heterocycles. The van der Waals surface area contributed by atoms with Gasteiger partial charge in [-0.25, -0.2) is 9.97 Å². The largest absolute Gasteiger partial charge is 0.372 e. The van der Waals surface area contributed by atoms with Crippen LogP contribution in [0.15, 0.2) is 29.8 Å². The third-order valence-corrected chi connectivity index (χ3v) is 6.02. The second kappa shape index (κ2) is 10.7. The summed E-state index contributed by atoms with van der Waals surface area (Å²) < 4.78 is 5.57. The summed E-state index contributed by atoms with van der Waals surface area (Å²) in [4.78, 5) is 26.1. The number of aromatic nitrogens is 2. The SMILES string of the molecule is CCOC(C)c1nc(CC(=O)NC(C)CN2CCN(c3ccccn3)CC2)cs1. The van der Waals surface area contributed by atoms with Crippen LogP contribution < -0.4 is 10.2 Å². The number of rotatable bonds is 9. The minimum atomic E-state index is -0.0227. The fraction of sp³-hybridized carbons (Fsp3) is 0.571. The smallest absolute Gasteiger partial charge is 0.226 e. The molecule has 1 aliphatic heterocycles. The summed E-state index contributed by atoms with van der Waals surface area (Å²) in [6.45, 7) is 11.4. The van der Waals surface area contributed by atoms with Gasteiger partial charge in [-0.2, -0.15) is 0 Å². The average Bonchev–Trinajstić information content (AvgIpc) is 3.17. The first-order valence-electron chi connectivity index (χ1n) is 10.3. The van der Waals surface area contributed by atoms with Crippen molar-refractivity contribution in [1.29, 1.82) is 0 Å². The van der Waals surface area contributed by atoms with E-state index in [2.05, 4.69) is 38.1 Å². The number of carbonyl (C=O) groups is 1. The summed E-state index contributed by atoms with van der Waals surface area (Å²) in [5.74, 6) is 1.06. The van der Waals surface area contributed by atoms with Gasteiger partial charge in [-0.15, -0.1) is 11.3 Å². The van der Waals surface area contributed by atoms with E-state index in [1.807, 2.05) is 37.6 Å². The molecule has 29 heavy (non-hydrogen) atoms. The molecule has 7 nitrogen and oxygen atoms in total. The van der Waals surface area contributed by atoms with Crippen LogP contribution in [0.1, 0.15) is 37.6 Å². The molecule has 1 fully saturated rings. The van der Waals surface area contributed by atoms with Crippen molar-refractivity contribution in [1.82, 2.24) is 20.2 Å². The average molecular weight is 418 g/mol. The van der Waals surface area contributed by atoms with Gasteiger partial charge in [0, 0.05) is 56.9 Å². The molecule has 1 amide bonds. The quantitative estimate of drug-likeness (QED) is 0.676. The summed E-state index contributed by atoms with van der Waals surface area (Å²) in [6.07, 6.45) is 2.13. The predicted molar refractivity (Wildman–Crippen MR) is 116 cm³/mol. The molecule has 2 aromatic rings. The third kappa shape index (κ3) is 6.48. The van der Waals surface area contributed by atoms with Crippen molar-refractivity contribution in [2.24, 2.45) is 0 Å². The first-order valence-corrected chi connectivity index (χ1v) is 11.2. The molecule has 0 aliphatic carbocycles. The monoisotopic (exact) mass is 417 g/mol. The lowest BCUT2D eigenvalue weighted by atomic mass is 10.2. The van der Waals surface area contributed by atoms with Gasteiger partial charge in [0.05, 0.1) is 12.1 Å². The van der Waals surface area contributed by atoms with Crippen LogP contribution in [0.5, 0.6) is 0 Å². The van der Waals surface area contributed by atoms with Crippen molar-refractivity contribution < 1.29 is 9.53 Å². The van der Waals surface area contributed by atoms with Crippen LogP contribution in [-0.2, 0) is 16.0 Å². The second-order valence-electron chi connectivity index (χ2n) is 7.40. The Morgan fingerprint density at radius 3 is 2.76 bits per heavy atom. The number of nitrogens with zero attached hydrogens (tertiary/aromatic N) is 4. The van der Waals surface area contributed by atoms with Crippen molar-refractivity contribution in [2.75, 3.05) is 44.2 Å². The highest BCUT2D eigenvalue weighted by Crippen LogP contribution is 2.21. The molecule has 1 saturated heterocycles. The molecule has 3 heterocycles. The van der Waals surface area contributed by atoms with E-state index in [4.69, 9.17) is 4.74 Å². The van der Waals surface area contributed by atoms with Crippen LogP contribution in [0.4, 0.5) is 5.82 Å². The zero-order valence-corrected chi connectivity index (χ0v) is 18.3. The molecular formula is C21H31N5O2S. The van der Waals surface area contributed by atoms with Gasteiger partial charge < -0.3 is 15.0 Å². The van der Waals surface area contributed by atoms with Crippen molar-refractivity contribution in [3.8, 4) is 0 Å². The van der Waals surface area contributed by atoms with Crippen LogP contribution in [0, 0.1) is 0 Å². The zero-order chi connectivity index (χ0) is 20.6. The van der Waals surface area contributed by atoms with Gasteiger partial charge in [0.15, 0.2) is 0 Å². The number of ether oxygens (including phenoxy) is 1. The highest BCUT2D eigenvalue weighted by atomic mass is 32.1. The molecule has 3 rings (SSSR count). The van der Waals surface area contributed by atoms with Gasteiger partial charge in [-0.05, 0) is 32.9 Å². The van der Waals surface area contributed by atoms with E-state index < -0.39 is 0 Å². The van der Waals surface area contributed by atoms with Crippen molar-refractivity contribution in [3.63, 3.8) is 0 Å². The highest BCUT2D eigenvalue weighted by Gasteiger charge is 2.20. The lowest BCUT2D eigenvalue weighted by Crippen LogP contribution is -2.51. The normalized spacial score (nSPS) is 17.1. The molecule has 0 radical (unpaired) electrons. The van der Waals surface area contributed by atoms with Crippen LogP contribution >= 0.6 is 11.3 Å². The van der Waals surface area contributed by atoms with Gasteiger partial charge in [0.25, 0.3) is 0 Å². The number of thiazole rings is 1. The van der Waals surface area contributed by atoms with Crippen LogP contribution in [0.25, 0.3) is 0 Å². The molecule has 0 aromatic carbocycles. The molecule has 8 heteroatoms. The predicted octanol–water partition coefficient (Wildman–Crippen LogP) is 2.51. The highest BCUT2D eigenvalue weighted by molar-refractivity contribution is 7.09. The lowest BCUT2D eigenvalue weighted by molar-refractivity contribution is -0.121. The van der Waals surface area contributed by atoms with Crippen molar-refractivity contribution >= 4 is 23.1 Å². The zero-order valence-electron chi connectivity index (χ0n) is 17.5. The molecule has 1 N–H and O–H groups in total. The van der Waals surface area contributed by atoms with Crippen LogP contribution in [-0.4, -0.2) is 66.1 Å². The van der Waals surface area contributed by atoms with Crippen LogP contribution in [0.2, 0.25) is 0 Å². The van der Waals surface area contributed by atoms with Crippen LogP contribution in [0.3, 0.4) is 0 Å². The Balaban J connectivity index is 1.39. The number of hydrogen-bond acceptors (Lipinski definition) is 7. The van der Waals surface area contributed by atoms with Crippen molar-refractivity contribution in [3.05, 3.63) is 40.5 Å². The molecule has 158 valence electrons. The number of pyridine rings is 1. The van der Waals surface area contributed by atoms with Gasteiger partial charge in [0.1, 0.15) is 16.9 Å². The maximum Gasteiger partial charge on any atom is 0.226 e. The Kier molecular flexibility index (Phi) is 7.97. The minimum absolute atomic E-state index is 0.0190. The van der Waals surface area contributed by atoms with E-state index in [0.29, 0.717) is 13.0 Å². The minimum Gasteiger partial charge on any atom is -0.372 e. The first-order chi connectivity index (χ1) is 14.0. The van der Waals surface area contributed by atoms with E-state index in [1.54, 1.807) is 11.3 Å². The second-order valence-corrected chi connectivity index (χ2v) is 8.29. The summed E-state index contributed by atoms with van der Waals surface area (Å²) in [7, 11) is 0. The Morgan fingerprint density at radius 1 is 1.28 bits per heavy atom. The first kappa shape index (κ1) is 21.7. The maximum atomic E-state index is 12.4. The summed E-state index contributed by atoms with van der Waals surface area (Å²) in [6, 6.07) is 6.12. The summed E-state index contributed by atoms with van der Waals surface area (Å²) in [5.41, 5.74) is 0.810. The van der Waals surface area contributed by atoms with E-state index in [1.165, 1.54) is 0 Å². The number of nitrogens with one attached hydrogen (secondary N) is 1. The van der Waals surface area contributed by atoms with E-state index in [-0.39, 0.29) is 18.1 Å². The molecule has 0 bridgehead atoms. The van der Waals surface area contributed by atoms with E-state index in [0.717, 1.165) is 49.2 Å². The molecule has 2 atom stereocenters. The number of anilines is 1. The fourth-order valence-electron chi connectivity index (χ4n) is 3.54. The summed E-state index contributed by atoms with van der Waals surface area (Å²) >= 11 is 1.55. The van der Waals surface area contributed by atoms with Crippen molar-refractivity contribution in [2.45, 2.75) is 39.3 Å². The molecule has 0 spiro atoms. The topological polar surface area (TPSA) is 70.6 Å². The van der Waals surface area contributed by atoms with E-state index >= 15 is 0 Å². The number of amides is 1. The number of carbonyl (C=O) groups excluding carboxylic acids is 1. The Hall–Kier alpha value is -2.03. The third-order valence-electron chi connectivity index (χ3n) is 4.96. The maximum absolute atomic E-state index is 12.4. The summed E-state index contributed by atoms with van der Waals surface area (Å²) in [5, 5.41) is 5.98. The molecular weight excluding hydrogens is 386 g/mol.